The summed E-state index contributed by atoms with van der Waals surface area (Å²) in [5, 5.41) is 8.69. The minimum atomic E-state index is -3.74. The van der Waals surface area contributed by atoms with Crippen molar-refractivity contribution < 1.29 is 22.3 Å². The van der Waals surface area contributed by atoms with Gasteiger partial charge in [0.2, 0.25) is 15.9 Å². The Bertz CT molecular complexity index is 1170. The smallest absolute Gasteiger partial charge is 0.251 e. The number of halogens is 1. The Morgan fingerprint density at radius 1 is 1.03 bits per heavy atom. The molecule has 0 saturated carbocycles. The van der Waals surface area contributed by atoms with Gasteiger partial charge in [-0.15, -0.1) is 10.2 Å². The number of para-hydroxylation sites is 1. The van der Waals surface area contributed by atoms with Crippen LogP contribution in [0.2, 0.25) is 5.02 Å². The topological polar surface area (TPSA) is 94.8 Å². The molecule has 1 aliphatic heterocycles. The fourth-order valence-corrected chi connectivity index (χ4v) is 5.55. The Morgan fingerprint density at radius 2 is 1.74 bits per heavy atom. The van der Waals surface area contributed by atoms with Gasteiger partial charge in [-0.25, -0.2) is 8.42 Å². The molecule has 3 aromatic rings. The second-order valence-electron chi connectivity index (χ2n) is 7.12. The largest absolute Gasteiger partial charge is 0.496 e. The van der Waals surface area contributed by atoms with Gasteiger partial charge in [0.05, 0.1) is 19.8 Å². The monoisotopic (exact) mass is 463 g/mol. The van der Waals surface area contributed by atoms with Crippen molar-refractivity contribution in [2.75, 3.05) is 27.3 Å². The van der Waals surface area contributed by atoms with Gasteiger partial charge in [0.1, 0.15) is 16.4 Å². The molecule has 8 nitrogen and oxygen atoms in total. The lowest BCUT2D eigenvalue weighted by atomic mass is 9.98. The predicted molar refractivity (Wildman–Crippen MR) is 115 cm³/mol. The van der Waals surface area contributed by atoms with Crippen molar-refractivity contribution in [2.24, 2.45) is 0 Å². The maximum atomic E-state index is 13.1. The van der Waals surface area contributed by atoms with Gasteiger partial charge in [-0.05, 0) is 43.2 Å². The average Bonchev–Trinajstić information content (AvgIpc) is 3.29. The molecular formula is C21H22ClN3O5S. The minimum Gasteiger partial charge on any atom is -0.496 e. The number of rotatable bonds is 6. The van der Waals surface area contributed by atoms with Crippen LogP contribution in [0.3, 0.4) is 0 Å². The average molecular weight is 464 g/mol. The van der Waals surface area contributed by atoms with Crippen LogP contribution in [0.5, 0.6) is 11.5 Å². The molecule has 0 bridgehead atoms. The second kappa shape index (κ2) is 8.86. The first-order valence-corrected chi connectivity index (χ1v) is 11.6. The molecule has 0 atom stereocenters. The molecule has 0 radical (unpaired) electrons. The van der Waals surface area contributed by atoms with Crippen LogP contribution in [0.15, 0.2) is 51.8 Å². The summed E-state index contributed by atoms with van der Waals surface area (Å²) in [5.74, 6) is 1.77. The standard InChI is InChI=1S/C21H22ClN3O5S/c1-28-17-6-4-3-5-16(17)21-24-23-20(30-21)14-9-11-25(12-10-14)31(26,27)19-13-15(22)7-8-18(19)29-2/h3-8,13-14H,9-12H2,1-2H3. The summed E-state index contributed by atoms with van der Waals surface area (Å²) >= 11 is 6.02. The molecule has 1 aromatic heterocycles. The van der Waals surface area contributed by atoms with E-state index in [1.165, 1.54) is 17.5 Å². The van der Waals surface area contributed by atoms with Gasteiger partial charge in [0.15, 0.2) is 0 Å². The van der Waals surface area contributed by atoms with Gasteiger partial charge in [-0.1, -0.05) is 23.7 Å². The van der Waals surface area contributed by atoms with Crippen molar-refractivity contribution in [2.45, 2.75) is 23.7 Å². The van der Waals surface area contributed by atoms with Gasteiger partial charge in [-0.2, -0.15) is 4.31 Å². The third-order valence-electron chi connectivity index (χ3n) is 5.32. The zero-order valence-corrected chi connectivity index (χ0v) is 18.7. The van der Waals surface area contributed by atoms with Crippen LogP contribution in [0.25, 0.3) is 11.5 Å². The number of methoxy groups -OCH3 is 2. The van der Waals surface area contributed by atoms with Crippen LogP contribution in [0.1, 0.15) is 24.7 Å². The summed E-state index contributed by atoms with van der Waals surface area (Å²) in [6, 6.07) is 12.0. The van der Waals surface area contributed by atoms with E-state index >= 15 is 0 Å². The maximum Gasteiger partial charge on any atom is 0.251 e. The highest BCUT2D eigenvalue weighted by atomic mass is 35.5. The van der Waals surface area contributed by atoms with E-state index < -0.39 is 10.0 Å². The van der Waals surface area contributed by atoms with E-state index in [0.29, 0.717) is 48.5 Å². The van der Waals surface area contributed by atoms with Crippen LogP contribution in [-0.4, -0.2) is 50.2 Å². The summed E-state index contributed by atoms with van der Waals surface area (Å²) in [5.41, 5.74) is 0.719. The molecule has 0 spiro atoms. The number of hydrogen-bond donors (Lipinski definition) is 0. The molecule has 10 heteroatoms. The van der Waals surface area contributed by atoms with Crippen molar-refractivity contribution in [3.05, 3.63) is 53.4 Å². The number of sulfonamides is 1. The van der Waals surface area contributed by atoms with Gasteiger partial charge in [0, 0.05) is 24.0 Å². The van der Waals surface area contributed by atoms with E-state index in [2.05, 4.69) is 10.2 Å². The maximum absolute atomic E-state index is 13.1. The molecule has 0 amide bonds. The Kier molecular flexibility index (Phi) is 6.17. The van der Waals surface area contributed by atoms with Gasteiger partial charge in [-0.3, -0.25) is 0 Å². The van der Waals surface area contributed by atoms with Crippen LogP contribution >= 0.6 is 11.6 Å². The van der Waals surface area contributed by atoms with Crippen molar-refractivity contribution in [3.63, 3.8) is 0 Å². The summed E-state index contributed by atoms with van der Waals surface area (Å²) in [4.78, 5) is 0.0669. The van der Waals surface area contributed by atoms with E-state index in [4.69, 9.17) is 25.5 Å². The molecule has 1 saturated heterocycles. The lowest BCUT2D eigenvalue weighted by Gasteiger charge is -2.30. The van der Waals surface area contributed by atoms with Crippen LogP contribution in [0.4, 0.5) is 0 Å². The fourth-order valence-electron chi connectivity index (χ4n) is 3.66. The molecule has 0 unspecified atom stereocenters. The quantitative estimate of drug-likeness (QED) is 0.545. The minimum absolute atomic E-state index is 0.0244. The molecule has 31 heavy (non-hydrogen) atoms. The molecule has 164 valence electrons. The molecule has 0 N–H and O–H groups in total. The molecule has 2 aromatic carbocycles. The molecule has 0 aliphatic carbocycles. The predicted octanol–water partition coefficient (Wildman–Crippen LogP) is 3.98. The summed E-state index contributed by atoms with van der Waals surface area (Å²) in [6.45, 7) is 0.657. The molecule has 4 rings (SSSR count). The third-order valence-corrected chi connectivity index (χ3v) is 7.48. The van der Waals surface area contributed by atoms with E-state index in [1.807, 2.05) is 24.3 Å². The molecular weight excluding hydrogens is 442 g/mol. The van der Waals surface area contributed by atoms with Crippen molar-refractivity contribution in [1.29, 1.82) is 0 Å². The number of piperidine rings is 1. The zero-order chi connectivity index (χ0) is 22.0. The summed E-state index contributed by atoms with van der Waals surface area (Å²) in [7, 11) is -0.721. The second-order valence-corrected chi connectivity index (χ2v) is 9.46. The molecule has 1 aliphatic rings. The highest BCUT2D eigenvalue weighted by Crippen LogP contribution is 2.35. The third kappa shape index (κ3) is 4.26. The summed E-state index contributed by atoms with van der Waals surface area (Å²) < 4.78 is 44.2. The number of aromatic nitrogens is 2. The van der Waals surface area contributed by atoms with Crippen molar-refractivity contribution in [3.8, 4) is 23.0 Å². The van der Waals surface area contributed by atoms with Crippen LogP contribution in [0, 0.1) is 0 Å². The van der Waals surface area contributed by atoms with Crippen LogP contribution < -0.4 is 9.47 Å². The Morgan fingerprint density at radius 3 is 2.45 bits per heavy atom. The number of hydrogen-bond acceptors (Lipinski definition) is 7. The Hall–Kier alpha value is -2.62. The lowest BCUT2D eigenvalue weighted by molar-refractivity contribution is 0.290. The van der Waals surface area contributed by atoms with E-state index in [-0.39, 0.29) is 16.6 Å². The Balaban J connectivity index is 1.50. The highest BCUT2D eigenvalue weighted by Gasteiger charge is 2.34. The van der Waals surface area contributed by atoms with Gasteiger partial charge < -0.3 is 13.9 Å². The number of nitrogens with zero attached hydrogens (tertiary/aromatic N) is 3. The fraction of sp³-hybridized carbons (Fsp3) is 0.333. The van der Waals surface area contributed by atoms with Crippen molar-refractivity contribution >= 4 is 21.6 Å². The first kappa shape index (κ1) is 21.6. The van der Waals surface area contributed by atoms with Crippen LogP contribution in [-0.2, 0) is 10.0 Å². The molecule has 2 heterocycles. The lowest BCUT2D eigenvalue weighted by Crippen LogP contribution is -2.38. The first-order chi connectivity index (χ1) is 14.9. The number of benzene rings is 2. The van der Waals surface area contributed by atoms with E-state index in [1.54, 1.807) is 19.2 Å². The number of ether oxygens (including phenoxy) is 2. The first-order valence-electron chi connectivity index (χ1n) is 9.74. The SMILES string of the molecule is COc1ccccc1-c1nnc(C2CCN(S(=O)(=O)c3cc(Cl)ccc3OC)CC2)o1. The highest BCUT2D eigenvalue weighted by molar-refractivity contribution is 7.89. The van der Waals surface area contributed by atoms with Crippen molar-refractivity contribution in [1.82, 2.24) is 14.5 Å². The van der Waals surface area contributed by atoms with E-state index in [0.717, 1.165) is 5.56 Å². The van der Waals surface area contributed by atoms with Gasteiger partial charge in [0.25, 0.3) is 5.89 Å². The summed E-state index contributed by atoms with van der Waals surface area (Å²) in [6.07, 6.45) is 1.13. The van der Waals surface area contributed by atoms with Gasteiger partial charge >= 0.3 is 0 Å². The van der Waals surface area contributed by atoms with E-state index in [9.17, 15) is 8.42 Å². The molecule has 1 fully saturated rings. The normalized spacial score (nSPS) is 15.7. The zero-order valence-electron chi connectivity index (χ0n) is 17.1. The Labute approximate surface area is 185 Å².